The van der Waals surface area contributed by atoms with Crippen LogP contribution >= 0.6 is 15.9 Å². The van der Waals surface area contributed by atoms with Crippen LogP contribution in [0, 0.1) is 10.1 Å². The van der Waals surface area contributed by atoms with Crippen LogP contribution in [0.4, 0.5) is 5.69 Å². The van der Waals surface area contributed by atoms with Crippen LogP contribution < -0.4 is 4.74 Å². The van der Waals surface area contributed by atoms with Crippen LogP contribution in [0.15, 0.2) is 12.1 Å². The van der Waals surface area contributed by atoms with Gasteiger partial charge in [-0.15, -0.1) is 0 Å². The first-order valence-corrected chi connectivity index (χ1v) is 6.25. The average Bonchev–Trinajstić information content (AvgIpc) is 2.37. The van der Waals surface area contributed by atoms with Gasteiger partial charge in [0.15, 0.2) is 5.56 Å². The topological polar surface area (TPSA) is 78.7 Å². The minimum atomic E-state index is -0.762. The molecule has 0 N–H and O–H groups in total. The molecule has 1 aromatic carbocycles. The number of nitro benzene ring substituents is 1. The van der Waals surface area contributed by atoms with Gasteiger partial charge >= 0.3 is 5.97 Å². The van der Waals surface area contributed by atoms with E-state index in [9.17, 15) is 14.9 Å². The molecule has 0 saturated carbocycles. The molecule has 1 rings (SSSR count). The van der Waals surface area contributed by atoms with Crippen LogP contribution in [-0.2, 0) is 10.1 Å². The molecule has 0 aromatic heterocycles. The van der Waals surface area contributed by atoms with Crippen molar-refractivity contribution in [2.24, 2.45) is 0 Å². The Balaban J connectivity index is 3.44. The number of ether oxygens (including phenoxy) is 2. The zero-order valence-corrected chi connectivity index (χ0v) is 11.5. The molecular formula is C11H12BrNO5. The van der Waals surface area contributed by atoms with E-state index in [0.717, 1.165) is 0 Å². The van der Waals surface area contributed by atoms with E-state index in [2.05, 4.69) is 15.9 Å². The molecule has 1 aromatic rings. The van der Waals surface area contributed by atoms with E-state index >= 15 is 0 Å². The highest BCUT2D eigenvalue weighted by atomic mass is 79.9. The Hall–Kier alpha value is -1.63. The van der Waals surface area contributed by atoms with Crippen molar-refractivity contribution in [3.63, 3.8) is 0 Å². The highest BCUT2D eigenvalue weighted by Gasteiger charge is 2.27. The second-order valence-corrected chi connectivity index (χ2v) is 3.86. The van der Waals surface area contributed by atoms with Gasteiger partial charge in [-0.3, -0.25) is 10.1 Å². The number of carbonyl (C=O) groups is 1. The molecule has 0 atom stereocenters. The van der Waals surface area contributed by atoms with Crippen LogP contribution in [0.3, 0.4) is 0 Å². The summed E-state index contributed by atoms with van der Waals surface area (Å²) in [5.74, 6) is -0.626. The lowest BCUT2D eigenvalue weighted by Gasteiger charge is -2.09. The van der Waals surface area contributed by atoms with Gasteiger partial charge in [0.2, 0.25) is 0 Å². The number of esters is 1. The number of hydrogen-bond acceptors (Lipinski definition) is 5. The molecule has 98 valence electrons. The number of methoxy groups -OCH3 is 1. The van der Waals surface area contributed by atoms with Crippen LogP contribution in [0.5, 0.6) is 5.75 Å². The molecule has 0 amide bonds. The van der Waals surface area contributed by atoms with Gasteiger partial charge < -0.3 is 9.47 Å². The van der Waals surface area contributed by atoms with E-state index in [1.807, 2.05) is 0 Å². The van der Waals surface area contributed by atoms with Gasteiger partial charge in [0, 0.05) is 11.4 Å². The molecule has 0 spiro atoms. The monoisotopic (exact) mass is 317 g/mol. The van der Waals surface area contributed by atoms with Crippen molar-refractivity contribution in [2.75, 3.05) is 13.7 Å². The number of carbonyl (C=O) groups excluding carboxylic acids is 1. The maximum Gasteiger partial charge on any atom is 0.349 e. The fraction of sp³-hybridized carbons (Fsp3) is 0.364. The lowest BCUT2D eigenvalue weighted by atomic mass is 10.1. The molecule has 0 aliphatic heterocycles. The molecule has 0 unspecified atom stereocenters. The molecule has 0 heterocycles. The second-order valence-electron chi connectivity index (χ2n) is 3.30. The fourth-order valence-corrected chi connectivity index (χ4v) is 1.77. The van der Waals surface area contributed by atoms with Crippen molar-refractivity contribution >= 4 is 27.6 Å². The molecule has 0 saturated heterocycles. The van der Waals surface area contributed by atoms with Crippen LogP contribution in [0.25, 0.3) is 0 Å². The number of halogens is 1. The van der Waals surface area contributed by atoms with Crippen molar-refractivity contribution in [2.45, 2.75) is 12.3 Å². The first-order chi connectivity index (χ1) is 8.54. The summed E-state index contributed by atoms with van der Waals surface area (Å²) >= 11 is 3.20. The summed E-state index contributed by atoms with van der Waals surface area (Å²) in [6, 6.07) is 2.89. The smallest absolute Gasteiger partial charge is 0.349 e. The minimum Gasteiger partial charge on any atom is -0.496 e. The summed E-state index contributed by atoms with van der Waals surface area (Å²) in [6.45, 7) is 1.77. The van der Waals surface area contributed by atoms with Gasteiger partial charge in [-0.05, 0) is 18.6 Å². The van der Waals surface area contributed by atoms with E-state index in [1.54, 1.807) is 13.0 Å². The van der Waals surface area contributed by atoms with Crippen LogP contribution in [-0.4, -0.2) is 24.6 Å². The highest BCUT2D eigenvalue weighted by Crippen LogP contribution is 2.31. The van der Waals surface area contributed by atoms with Crippen molar-refractivity contribution in [3.8, 4) is 5.75 Å². The van der Waals surface area contributed by atoms with E-state index < -0.39 is 10.9 Å². The van der Waals surface area contributed by atoms with E-state index in [-0.39, 0.29) is 23.6 Å². The van der Waals surface area contributed by atoms with Crippen molar-refractivity contribution in [1.29, 1.82) is 0 Å². The number of hydrogen-bond donors (Lipinski definition) is 0. The predicted molar refractivity (Wildman–Crippen MR) is 68.2 cm³/mol. The first kappa shape index (κ1) is 14.4. The Morgan fingerprint density at radius 1 is 1.50 bits per heavy atom. The quantitative estimate of drug-likeness (QED) is 0.361. The van der Waals surface area contributed by atoms with Crippen molar-refractivity contribution in [3.05, 3.63) is 33.4 Å². The standard InChI is InChI=1S/C11H12BrNO5/c1-3-18-11(14)10-8(13(15)16)4-7(6-12)5-9(10)17-2/h4-5H,3,6H2,1-2H3. The third kappa shape index (κ3) is 2.98. The summed E-state index contributed by atoms with van der Waals surface area (Å²) in [7, 11) is 1.35. The molecular weight excluding hydrogens is 306 g/mol. The number of benzene rings is 1. The lowest BCUT2D eigenvalue weighted by Crippen LogP contribution is -2.10. The fourth-order valence-electron chi connectivity index (χ4n) is 1.45. The molecule has 0 aliphatic rings. The number of alkyl halides is 1. The normalized spacial score (nSPS) is 9.94. The van der Waals surface area contributed by atoms with E-state index in [1.165, 1.54) is 13.2 Å². The van der Waals surface area contributed by atoms with Gasteiger partial charge in [0.1, 0.15) is 5.75 Å². The second kappa shape index (κ2) is 6.34. The molecule has 0 radical (unpaired) electrons. The van der Waals surface area contributed by atoms with E-state index in [4.69, 9.17) is 9.47 Å². The zero-order chi connectivity index (χ0) is 13.7. The number of nitrogens with zero attached hydrogens (tertiary/aromatic N) is 1. The SMILES string of the molecule is CCOC(=O)c1c(OC)cc(CBr)cc1[N+](=O)[O-]. The average molecular weight is 318 g/mol. The molecule has 0 aliphatic carbocycles. The van der Waals surface area contributed by atoms with Gasteiger partial charge in [-0.1, -0.05) is 15.9 Å². The van der Waals surface area contributed by atoms with Crippen molar-refractivity contribution < 1.29 is 19.2 Å². The van der Waals surface area contributed by atoms with Gasteiger partial charge in [0.25, 0.3) is 5.69 Å². The Kier molecular flexibility index (Phi) is 5.08. The molecule has 0 bridgehead atoms. The third-order valence-corrected chi connectivity index (χ3v) is 2.84. The number of rotatable bonds is 5. The van der Waals surface area contributed by atoms with Gasteiger partial charge in [0.05, 0.1) is 18.6 Å². The zero-order valence-electron chi connectivity index (χ0n) is 9.94. The van der Waals surface area contributed by atoms with Crippen LogP contribution in [0.2, 0.25) is 0 Å². The Bertz CT molecular complexity index is 475. The maximum atomic E-state index is 11.7. The highest BCUT2D eigenvalue weighted by molar-refractivity contribution is 9.08. The summed E-state index contributed by atoms with van der Waals surface area (Å²) in [6.07, 6.45) is 0. The minimum absolute atomic E-state index is 0.136. The summed E-state index contributed by atoms with van der Waals surface area (Å²) in [4.78, 5) is 22.1. The largest absolute Gasteiger partial charge is 0.496 e. The Morgan fingerprint density at radius 2 is 2.17 bits per heavy atom. The maximum absolute atomic E-state index is 11.7. The van der Waals surface area contributed by atoms with Gasteiger partial charge in [-0.2, -0.15) is 0 Å². The summed E-state index contributed by atoms with van der Waals surface area (Å²) < 4.78 is 9.82. The Labute approximate surface area is 112 Å². The predicted octanol–water partition coefficient (Wildman–Crippen LogP) is 2.68. The molecule has 6 nitrogen and oxygen atoms in total. The lowest BCUT2D eigenvalue weighted by molar-refractivity contribution is -0.385. The van der Waals surface area contributed by atoms with Gasteiger partial charge in [-0.25, -0.2) is 4.79 Å². The third-order valence-electron chi connectivity index (χ3n) is 2.19. The molecule has 0 fully saturated rings. The summed E-state index contributed by atoms with van der Waals surface area (Å²) in [5, 5.41) is 11.4. The molecule has 7 heteroatoms. The number of nitro groups is 1. The Morgan fingerprint density at radius 3 is 2.61 bits per heavy atom. The van der Waals surface area contributed by atoms with Crippen LogP contribution in [0.1, 0.15) is 22.8 Å². The van der Waals surface area contributed by atoms with E-state index in [0.29, 0.717) is 10.9 Å². The molecule has 18 heavy (non-hydrogen) atoms. The first-order valence-electron chi connectivity index (χ1n) is 5.13. The summed E-state index contributed by atoms with van der Waals surface area (Å²) in [5.41, 5.74) is 0.169. The van der Waals surface area contributed by atoms with Crippen molar-refractivity contribution in [1.82, 2.24) is 0 Å².